The second-order valence-corrected chi connectivity index (χ2v) is 4.70. The molecule has 2 aromatic rings. The van der Waals surface area contributed by atoms with Gasteiger partial charge < -0.3 is 5.32 Å². The lowest BCUT2D eigenvalue weighted by Gasteiger charge is -2.15. The Hall–Kier alpha value is -1.61. The molecule has 1 aromatic heterocycles. The summed E-state index contributed by atoms with van der Waals surface area (Å²) in [5, 5.41) is 10.6. The first-order valence-corrected chi connectivity index (χ1v) is 6.14. The Balaban J connectivity index is 1.75. The molecule has 1 atom stereocenters. The van der Waals surface area contributed by atoms with E-state index in [1.54, 1.807) is 6.20 Å². The van der Waals surface area contributed by atoms with Crippen LogP contribution in [0.25, 0.3) is 0 Å². The minimum absolute atomic E-state index is 0.495. The summed E-state index contributed by atoms with van der Waals surface area (Å²) < 4.78 is 0. The van der Waals surface area contributed by atoms with Crippen LogP contribution in [0.4, 0.5) is 0 Å². The molecule has 0 fully saturated rings. The number of benzene rings is 1. The minimum atomic E-state index is 0.495. The van der Waals surface area contributed by atoms with Crippen molar-refractivity contribution in [2.75, 3.05) is 0 Å². The molecule has 3 heteroatoms. The number of aromatic nitrogens is 2. The molecular formula is C14H17N3. The molecule has 0 amide bonds. The van der Waals surface area contributed by atoms with Crippen molar-refractivity contribution in [1.82, 2.24) is 15.5 Å². The maximum Gasteiger partial charge on any atom is 0.0490 e. The summed E-state index contributed by atoms with van der Waals surface area (Å²) in [6, 6.07) is 9.12. The lowest BCUT2D eigenvalue weighted by atomic mass is 10.0. The largest absolute Gasteiger partial charge is 0.304 e. The second kappa shape index (κ2) is 4.34. The van der Waals surface area contributed by atoms with Crippen LogP contribution < -0.4 is 5.32 Å². The van der Waals surface area contributed by atoms with Crippen LogP contribution >= 0.6 is 0 Å². The third-order valence-corrected chi connectivity index (χ3v) is 3.56. The molecule has 1 aliphatic rings. The smallest absolute Gasteiger partial charge is 0.0490 e. The Kier molecular flexibility index (Phi) is 2.69. The molecule has 1 heterocycles. The monoisotopic (exact) mass is 227 g/mol. The third-order valence-electron chi connectivity index (χ3n) is 3.56. The first-order valence-electron chi connectivity index (χ1n) is 6.14. The van der Waals surface area contributed by atoms with E-state index in [0.717, 1.165) is 12.2 Å². The zero-order valence-corrected chi connectivity index (χ0v) is 10.0. The number of hydrogen-bond donors (Lipinski definition) is 2. The summed E-state index contributed by atoms with van der Waals surface area (Å²) in [5.74, 6) is 0. The fourth-order valence-corrected chi connectivity index (χ4v) is 2.72. The summed E-state index contributed by atoms with van der Waals surface area (Å²) in [5.41, 5.74) is 5.56. The fourth-order valence-electron chi connectivity index (χ4n) is 2.72. The summed E-state index contributed by atoms with van der Waals surface area (Å²) >= 11 is 0. The van der Waals surface area contributed by atoms with E-state index in [4.69, 9.17) is 0 Å². The van der Waals surface area contributed by atoms with Crippen LogP contribution in [0.1, 0.15) is 34.8 Å². The van der Waals surface area contributed by atoms with E-state index in [9.17, 15) is 0 Å². The van der Waals surface area contributed by atoms with Gasteiger partial charge in [0.1, 0.15) is 0 Å². The van der Waals surface area contributed by atoms with Gasteiger partial charge in [0.25, 0.3) is 0 Å². The summed E-state index contributed by atoms with van der Waals surface area (Å²) in [7, 11) is 0. The summed E-state index contributed by atoms with van der Waals surface area (Å²) in [6.45, 7) is 3.06. The van der Waals surface area contributed by atoms with Crippen LogP contribution in [0.3, 0.4) is 0 Å². The van der Waals surface area contributed by atoms with E-state index in [0.29, 0.717) is 6.04 Å². The van der Waals surface area contributed by atoms with Gasteiger partial charge in [0.05, 0.1) is 0 Å². The highest BCUT2D eigenvalue weighted by Crippen LogP contribution is 2.33. The minimum Gasteiger partial charge on any atom is -0.304 e. The molecule has 1 aromatic carbocycles. The van der Waals surface area contributed by atoms with E-state index >= 15 is 0 Å². The Morgan fingerprint density at radius 2 is 2.35 bits per heavy atom. The van der Waals surface area contributed by atoms with Crippen LogP contribution in [-0.2, 0) is 13.0 Å². The van der Waals surface area contributed by atoms with Crippen molar-refractivity contribution < 1.29 is 0 Å². The number of rotatable bonds is 3. The second-order valence-electron chi connectivity index (χ2n) is 4.70. The van der Waals surface area contributed by atoms with Crippen molar-refractivity contribution >= 4 is 0 Å². The molecule has 0 saturated carbocycles. The quantitative estimate of drug-likeness (QED) is 0.845. The Morgan fingerprint density at radius 1 is 1.41 bits per heavy atom. The SMILES string of the molecule is Cc1cccc2c1C(NCc1ccn[nH]1)CC2. The molecule has 0 saturated heterocycles. The van der Waals surface area contributed by atoms with Crippen molar-refractivity contribution in [1.29, 1.82) is 0 Å². The standard InChI is InChI=1S/C14H17N3/c1-10-3-2-4-11-5-6-13(14(10)11)15-9-12-7-8-16-17-12/h2-4,7-8,13,15H,5-6,9H2,1H3,(H,16,17). The van der Waals surface area contributed by atoms with E-state index in [1.165, 1.54) is 29.5 Å². The van der Waals surface area contributed by atoms with Gasteiger partial charge in [0.2, 0.25) is 0 Å². The summed E-state index contributed by atoms with van der Waals surface area (Å²) in [6.07, 6.45) is 4.19. The Labute approximate surface area is 101 Å². The van der Waals surface area contributed by atoms with Crippen LogP contribution in [0.5, 0.6) is 0 Å². The molecule has 88 valence electrons. The Bertz CT molecular complexity index is 502. The van der Waals surface area contributed by atoms with E-state index in [1.807, 2.05) is 6.07 Å². The predicted octanol–water partition coefficient (Wildman–Crippen LogP) is 2.50. The maximum atomic E-state index is 3.96. The lowest BCUT2D eigenvalue weighted by molar-refractivity contribution is 0.523. The molecule has 17 heavy (non-hydrogen) atoms. The van der Waals surface area contributed by atoms with Gasteiger partial charge in [-0.25, -0.2) is 0 Å². The molecule has 0 bridgehead atoms. The van der Waals surface area contributed by atoms with Crippen molar-refractivity contribution in [3.63, 3.8) is 0 Å². The lowest BCUT2D eigenvalue weighted by Crippen LogP contribution is -2.19. The molecule has 1 aliphatic carbocycles. The van der Waals surface area contributed by atoms with E-state index in [-0.39, 0.29) is 0 Å². The van der Waals surface area contributed by atoms with Gasteiger partial charge >= 0.3 is 0 Å². The molecule has 2 N–H and O–H groups in total. The number of aryl methyl sites for hydroxylation is 2. The first kappa shape index (κ1) is 10.5. The van der Waals surface area contributed by atoms with Crippen molar-refractivity contribution in [3.05, 3.63) is 52.8 Å². The van der Waals surface area contributed by atoms with Crippen LogP contribution in [0, 0.1) is 6.92 Å². The van der Waals surface area contributed by atoms with Gasteiger partial charge in [-0.3, -0.25) is 5.10 Å². The molecule has 1 unspecified atom stereocenters. The number of aromatic amines is 1. The molecule has 0 radical (unpaired) electrons. The molecule has 3 rings (SSSR count). The third kappa shape index (κ3) is 1.98. The highest BCUT2D eigenvalue weighted by atomic mass is 15.1. The van der Waals surface area contributed by atoms with Gasteiger partial charge in [-0.1, -0.05) is 18.2 Å². The number of nitrogens with zero attached hydrogens (tertiary/aromatic N) is 1. The zero-order chi connectivity index (χ0) is 11.7. The topological polar surface area (TPSA) is 40.7 Å². The number of H-pyrrole nitrogens is 1. The van der Waals surface area contributed by atoms with Crippen molar-refractivity contribution in [3.8, 4) is 0 Å². The first-order chi connectivity index (χ1) is 8.34. The highest BCUT2D eigenvalue weighted by Gasteiger charge is 2.23. The van der Waals surface area contributed by atoms with E-state index < -0.39 is 0 Å². The van der Waals surface area contributed by atoms with Crippen LogP contribution in [-0.4, -0.2) is 10.2 Å². The number of hydrogen-bond acceptors (Lipinski definition) is 2. The molecule has 0 spiro atoms. The molecule has 0 aliphatic heterocycles. The van der Waals surface area contributed by atoms with Crippen molar-refractivity contribution in [2.45, 2.75) is 32.4 Å². The highest BCUT2D eigenvalue weighted by molar-refractivity contribution is 5.40. The number of nitrogens with one attached hydrogen (secondary N) is 2. The average molecular weight is 227 g/mol. The van der Waals surface area contributed by atoms with Gasteiger partial charge in [-0.05, 0) is 42.5 Å². The predicted molar refractivity (Wildman–Crippen MR) is 67.7 cm³/mol. The van der Waals surface area contributed by atoms with Crippen LogP contribution in [0.2, 0.25) is 0 Å². The zero-order valence-electron chi connectivity index (χ0n) is 10.0. The normalized spacial score (nSPS) is 18.3. The van der Waals surface area contributed by atoms with Gasteiger partial charge in [0, 0.05) is 24.5 Å². The fraction of sp³-hybridized carbons (Fsp3) is 0.357. The Morgan fingerprint density at radius 3 is 3.18 bits per heavy atom. The average Bonchev–Trinajstić information content (AvgIpc) is 2.95. The van der Waals surface area contributed by atoms with Gasteiger partial charge in [-0.2, -0.15) is 5.10 Å². The molecular weight excluding hydrogens is 210 g/mol. The van der Waals surface area contributed by atoms with Gasteiger partial charge in [0.15, 0.2) is 0 Å². The molecule has 3 nitrogen and oxygen atoms in total. The maximum absolute atomic E-state index is 3.96. The van der Waals surface area contributed by atoms with Crippen LogP contribution in [0.15, 0.2) is 30.5 Å². The van der Waals surface area contributed by atoms with E-state index in [2.05, 4.69) is 40.6 Å². The summed E-state index contributed by atoms with van der Waals surface area (Å²) in [4.78, 5) is 0. The van der Waals surface area contributed by atoms with Crippen molar-refractivity contribution in [2.24, 2.45) is 0 Å². The van der Waals surface area contributed by atoms with Gasteiger partial charge in [-0.15, -0.1) is 0 Å². The number of fused-ring (bicyclic) bond motifs is 1.